The molecule has 2 nitrogen and oxygen atoms in total. The summed E-state index contributed by atoms with van der Waals surface area (Å²) in [4.78, 5) is 4.20. The van der Waals surface area contributed by atoms with Gasteiger partial charge in [-0.25, -0.2) is 0 Å². The second kappa shape index (κ2) is 2.89. The molecule has 0 bridgehead atoms. The van der Waals surface area contributed by atoms with Crippen molar-refractivity contribution in [1.29, 1.82) is 0 Å². The average Bonchev–Trinajstić information content (AvgIpc) is 2.25. The molecule has 1 fully saturated rings. The number of allylic oxidation sites excluding steroid dienone is 1. The smallest absolute Gasteiger partial charge is 0.107 e. The van der Waals surface area contributed by atoms with Gasteiger partial charge in [0, 0.05) is 17.9 Å². The highest BCUT2D eigenvalue weighted by atomic mass is 32.2. The Morgan fingerprint density at radius 1 is 1.55 bits per heavy atom. The van der Waals surface area contributed by atoms with Crippen LogP contribution in [0.2, 0.25) is 0 Å². The summed E-state index contributed by atoms with van der Waals surface area (Å²) in [6, 6.07) is 0. The maximum absolute atomic E-state index is 11.3. The van der Waals surface area contributed by atoms with Crippen LogP contribution in [0, 0.1) is 5.92 Å². The van der Waals surface area contributed by atoms with Crippen molar-refractivity contribution in [1.82, 2.24) is 0 Å². The SMILES string of the molecule is O=S1CCC2CCC=CN=C21. The predicted molar refractivity (Wildman–Crippen MR) is 46.9 cm³/mol. The van der Waals surface area contributed by atoms with Crippen molar-refractivity contribution in [3.05, 3.63) is 12.3 Å². The third-order valence-corrected chi connectivity index (χ3v) is 3.73. The number of fused-ring (bicyclic) bond motifs is 1. The van der Waals surface area contributed by atoms with E-state index in [0.717, 1.165) is 30.1 Å². The van der Waals surface area contributed by atoms with Gasteiger partial charge in [0.2, 0.25) is 0 Å². The van der Waals surface area contributed by atoms with Crippen LogP contribution in [0.4, 0.5) is 0 Å². The van der Waals surface area contributed by atoms with Crippen LogP contribution >= 0.6 is 0 Å². The van der Waals surface area contributed by atoms with E-state index in [1.54, 1.807) is 6.20 Å². The maximum atomic E-state index is 11.3. The molecule has 2 atom stereocenters. The van der Waals surface area contributed by atoms with Gasteiger partial charge in [0.1, 0.15) is 5.04 Å². The highest BCUT2D eigenvalue weighted by molar-refractivity contribution is 8.01. The molecule has 0 spiro atoms. The summed E-state index contributed by atoms with van der Waals surface area (Å²) in [5, 5.41) is 0.943. The Balaban J connectivity index is 2.28. The van der Waals surface area contributed by atoms with Gasteiger partial charge in [-0.15, -0.1) is 0 Å². The van der Waals surface area contributed by atoms with Crippen molar-refractivity contribution in [2.24, 2.45) is 10.9 Å². The van der Waals surface area contributed by atoms with Crippen LogP contribution in [0.25, 0.3) is 0 Å². The summed E-state index contributed by atoms with van der Waals surface area (Å²) in [5.41, 5.74) is 0. The molecular formula is C8H11NOS. The van der Waals surface area contributed by atoms with Gasteiger partial charge in [-0.3, -0.25) is 9.20 Å². The zero-order valence-corrected chi connectivity index (χ0v) is 7.14. The van der Waals surface area contributed by atoms with Crippen LogP contribution < -0.4 is 0 Å². The average molecular weight is 169 g/mol. The van der Waals surface area contributed by atoms with Crippen LogP contribution in [0.15, 0.2) is 17.3 Å². The largest absolute Gasteiger partial charge is 0.253 e. The number of hydrogen-bond donors (Lipinski definition) is 0. The Morgan fingerprint density at radius 2 is 2.45 bits per heavy atom. The van der Waals surface area contributed by atoms with Crippen molar-refractivity contribution in [2.75, 3.05) is 5.75 Å². The minimum atomic E-state index is -0.752. The Morgan fingerprint density at radius 3 is 3.36 bits per heavy atom. The molecule has 0 aromatic carbocycles. The van der Waals surface area contributed by atoms with Gasteiger partial charge in [-0.05, 0) is 19.3 Å². The number of aliphatic imine (C=N–C) groups is 1. The first-order chi connectivity index (χ1) is 5.38. The standard InChI is InChI=1S/C8H11NOS/c10-11-6-4-7-3-1-2-5-9-8(7)11/h2,5,7H,1,3-4,6H2. The number of nitrogens with zero attached hydrogens (tertiary/aromatic N) is 1. The summed E-state index contributed by atoms with van der Waals surface area (Å²) < 4.78 is 11.3. The number of rotatable bonds is 0. The van der Waals surface area contributed by atoms with Gasteiger partial charge in [0.05, 0.1) is 10.8 Å². The van der Waals surface area contributed by atoms with Crippen LogP contribution in [0.1, 0.15) is 19.3 Å². The first-order valence-corrected chi connectivity index (χ1v) is 5.31. The summed E-state index contributed by atoms with van der Waals surface area (Å²) >= 11 is 0. The monoisotopic (exact) mass is 169 g/mol. The molecule has 0 saturated carbocycles. The van der Waals surface area contributed by atoms with E-state index in [2.05, 4.69) is 11.1 Å². The zero-order valence-electron chi connectivity index (χ0n) is 6.32. The lowest BCUT2D eigenvalue weighted by Crippen LogP contribution is -2.08. The summed E-state index contributed by atoms with van der Waals surface area (Å²) in [6.07, 6.45) is 7.17. The van der Waals surface area contributed by atoms with Crippen LogP contribution in [0.5, 0.6) is 0 Å². The molecule has 2 unspecified atom stereocenters. The summed E-state index contributed by atoms with van der Waals surface area (Å²) in [6.45, 7) is 0. The lowest BCUT2D eigenvalue weighted by molar-refractivity contribution is 0.638. The lowest BCUT2D eigenvalue weighted by atomic mass is 10.0. The Kier molecular flexibility index (Phi) is 1.90. The van der Waals surface area contributed by atoms with E-state index in [0.29, 0.717) is 5.92 Å². The van der Waals surface area contributed by atoms with Crippen LogP contribution in [-0.4, -0.2) is 15.0 Å². The first-order valence-electron chi connectivity index (χ1n) is 3.99. The minimum Gasteiger partial charge on any atom is -0.253 e. The molecule has 2 rings (SSSR count). The Bertz CT molecular complexity index is 244. The molecular weight excluding hydrogens is 158 g/mol. The molecule has 0 aliphatic carbocycles. The van der Waals surface area contributed by atoms with E-state index in [9.17, 15) is 4.21 Å². The molecule has 3 heteroatoms. The van der Waals surface area contributed by atoms with Crippen molar-refractivity contribution in [3.63, 3.8) is 0 Å². The van der Waals surface area contributed by atoms with Gasteiger partial charge >= 0.3 is 0 Å². The van der Waals surface area contributed by atoms with Gasteiger partial charge in [0.15, 0.2) is 0 Å². The minimum absolute atomic E-state index is 0.519. The normalized spacial score (nSPS) is 36.2. The van der Waals surface area contributed by atoms with Gasteiger partial charge < -0.3 is 0 Å². The molecule has 0 aromatic rings. The molecule has 2 aliphatic rings. The van der Waals surface area contributed by atoms with Crippen molar-refractivity contribution < 1.29 is 4.21 Å². The fourth-order valence-corrected chi connectivity index (χ4v) is 3.09. The molecule has 0 N–H and O–H groups in total. The third kappa shape index (κ3) is 1.29. The second-order valence-electron chi connectivity index (χ2n) is 2.96. The van der Waals surface area contributed by atoms with Crippen molar-refractivity contribution >= 4 is 15.8 Å². The van der Waals surface area contributed by atoms with Gasteiger partial charge in [0.25, 0.3) is 0 Å². The molecule has 2 aliphatic heterocycles. The predicted octanol–water partition coefficient (Wildman–Crippen LogP) is 1.46. The van der Waals surface area contributed by atoms with E-state index < -0.39 is 10.8 Å². The molecule has 60 valence electrons. The second-order valence-corrected chi connectivity index (χ2v) is 4.48. The lowest BCUT2D eigenvalue weighted by Gasteiger charge is -2.03. The molecule has 11 heavy (non-hydrogen) atoms. The molecule has 0 radical (unpaired) electrons. The quantitative estimate of drug-likeness (QED) is 0.540. The van der Waals surface area contributed by atoms with Gasteiger partial charge in [-0.1, -0.05) is 6.08 Å². The van der Waals surface area contributed by atoms with Crippen molar-refractivity contribution in [2.45, 2.75) is 19.3 Å². The summed E-state index contributed by atoms with van der Waals surface area (Å²) in [7, 11) is -0.752. The highest BCUT2D eigenvalue weighted by Gasteiger charge is 2.28. The molecule has 2 heterocycles. The van der Waals surface area contributed by atoms with E-state index >= 15 is 0 Å². The van der Waals surface area contributed by atoms with Crippen LogP contribution in [-0.2, 0) is 10.8 Å². The maximum Gasteiger partial charge on any atom is 0.107 e. The Hall–Kier alpha value is -0.440. The number of hydrogen-bond acceptors (Lipinski definition) is 2. The topological polar surface area (TPSA) is 29.4 Å². The zero-order chi connectivity index (χ0) is 7.68. The van der Waals surface area contributed by atoms with E-state index in [1.807, 2.05) is 0 Å². The first kappa shape index (κ1) is 7.22. The van der Waals surface area contributed by atoms with Gasteiger partial charge in [-0.2, -0.15) is 0 Å². The summed E-state index contributed by atoms with van der Waals surface area (Å²) in [5.74, 6) is 1.35. The third-order valence-electron chi connectivity index (χ3n) is 2.22. The molecule has 1 saturated heterocycles. The molecule has 0 amide bonds. The fourth-order valence-electron chi connectivity index (χ4n) is 1.59. The van der Waals surface area contributed by atoms with E-state index in [-0.39, 0.29) is 0 Å². The Labute approximate surface area is 68.9 Å². The highest BCUT2D eigenvalue weighted by Crippen LogP contribution is 2.25. The van der Waals surface area contributed by atoms with E-state index in [1.165, 1.54) is 0 Å². The van der Waals surface area contributed by atoms with Crippen LogP contribution in [0.3, 0.4) is 0 Å². The fraction of sp³-hybridized carbons (Fsp3) is 0.625. The molecule has 0 aromatic heterocycles. The van der Waals surface area contributed by atoms with Crippen molar-refractivity contribution in [3.8, 4) is 0 Å². The van der Waals surface area contributed by atoms with E-state index in [4.69, 9.17) is 0 Å².